The Morgan fingerprint density at radius 3 is 1.61 bits per heavy atom. The lowest BCUT2D eigenvalue weighted by Crippen LogP contribution is -2.51. The normalized spacial score (nSPS) is 12.5. The maximum absolute atomic E-state index is 12.9. The summed E-state index contributed by atoms with van der Waals surface area (Å²) in [6, 6.07) is 8.23. The lowest BCUT2D eigenvalue weighted by molar-refractivity contribution is -0.390. The minimum Gasteiger partial charge on any atom is -0.267 e. The van der Waals surface area contributed by atoms with Crippen LogP contribution < -0.4 is 5.43 Å². The van der Waals surface area contributed by atoms with Crippen LogP contribution in [0.1, 0.15) is 31.1 Å². The standard InChI is InChI=1S/C19H9N5O9/c25-17(9-1-3-10(4-2-9)22(28)29)20-21-18(26)11-5-7-13(23(30)31)16-14(24(32)33)8-6-12(15(11)16)19(21)27/h1-8H,(H,20,25). The summed E-state index contributed by atoms with van der Waals surface area (Å²) in [6.45, 7) is 0. The van der Waals surface area contributed by atoms with E-state index >= 15 is 0 Å². The van der Waals surface area contributed by atoms with Crippen molar-refractivity contribution in [2.45, 2.75) is 0 Å². The minimum absolute atomic E-state index is 0.0930. The predicted molar refractivity (Wildman–Crippen MR) is 108 cm³/mol. The molecule has 0 spiro atoms. The molecule has 0 unspecified atom stereocenters. The lowest BCUT2D eigenvalue weighted by atomic mass is 9.92. The van der Waals surface area contributed by atoms with Crippen LogP contribution in [0.2, 0.25) is 0 Å². The molecule has 0 bridgehead atoms. The molecule has 1 heterocycles. The quantitative estimate of drug-likeness (QED) is 0.344. The Bertz CT molecular complexity index is 1360. The average molecular weight is 451 g/mol. The summed E-state index contributed by atoms with van der Waals surface area (Å²) in [4.78, 5) is 69.6. The van der Waals surface area contributed by atoms with Crippen LogP contribution in [0.25, 0.3) is 10.8 Å². The maximum atomic E-state index is 12.9. The van der Waals surface area contributed by atoms with Crippen LogP contribution >= 0.6 is 0 Å². The molecule has 0 saturated heterocycles. The van der Waals surface area contributed by atoms with Gasteiger partial charge in [-0.1, -0.05) is 0 Å². The fourth-order valence-electron chi connectivity index (χ4n) is 3.46. The molecule has 0 radical (unpaired) electrons. The van der Waals surface area contributed by atoms with Crippen LogP contribution in [-0.4, -0.2) is 37.5 Å². The highest BCUT2D eigenvalue weighted by Gasteiger charge is 2.38. The Morgan fingerprint density at radius 1 is 0.697 bits per heavy atom. The van der Waals surface area contributed by atoms with Gasteiger partial charge < -0.3 is 0 Å². The molecule has 0 aliphatic carbocycles. The Hall–Kier alpha value is -5.27. The lowest BCUT2D eigenvalue weighted by Gasteiger charge is -2.27. The topological polar surface area (TPSA) is 196 Å². The monoisotopic (exact) mass is 451 g/mol. The van der Waals surface area contributed by atoms with Gasteiger partial charge in [-0.2, -0.15) is 5.01 Å². The summed E-state index contributed by atoms with van der Waals surface area (Å²) in [5.74, 6) is -3.07. The number of benzene rings is 3. The summed E-state index contributed by atoms with van der Waals surface area (Å²) >= 11 is 0. The van der Waals surface area contributed by atoms with Gasteiger partial charge in [0.1, 0.15) is 5.39 Å². The molecule has 3 amide bonds. The van der Waals surface area contributed by atoms with Crippen LogP contribution in [0, 0.1) is 30.3 Å². The van der Waals surface area contributed by atoms with E-state index in [9.17, 15) is 44.7 Å². The van der Waals surface area contributed by atoms with E-state index in [-0.39, 0.29) is 27.8 Å². The minimum atomic E-state index is -1.07. The zero-order chi connectivity index (χ0) is 24.0. The van der Waals surface area contributed by atoms with Gasteiger partial charge in [0.05, 0.1) is 25.9 Å². The van der Waals surface area contributed by atoms with E-state index in [0.717, 1.165) is 48.5 Å². The van der Waals surface area contributed by atoms with Crippen molar-refractivity contribution in [2.75, 3.05) is 0 Å². The highest BCUT2D eigenvalue weighted by molar-refractivity contribution is 6.28. The van der Waals surface area contributed by atoms with Crippen molar-refractivity contribution in [3.05, 3.63) is 95.6 Å². The van der Waals surface area contributed by atoms with E-state index in [1.165, 1.54) is 0 Å². The van der Waals surface area contributed by atoms with Gasteiger partial charge in [0.25, 0.3) is 34.8 Å². The van der Waals surface area contributed by atoms with Gasteiger partial charge in [0, 0.05) is 35.2 Å². The first kappa shape index (κ1) is 21.0. The zero-order valence-electron chi connectivity index (χ0n) is 16.1. The van der Waals surface area contributed by atoms with Gasteiger partial charge in [-0.05, 0) is 24.3 Å². The number of non-ortho nitro benzene ring substituents is 3. The average Bonchev–Trinajstić information content (AvgIpc) is 2.79. The van der Waals surface area contributed by atoms with Gasteiger partial charge in [0.15, 0.2) is 0 Å². The third kappa shape index (κ3) is 3.27. The van der Waals surface area contributed by atoms with Gasteiger partial charge in [-0.25, -0.2) is 0 Å². The van der Waals surface area contributed by atoms with Gasteiger partial charge in [-0.3, -0.25) is 50.2 Å². The van der Waals surface area contributed by atoms with Gasteiger partial charge >= 0.3 is 0 Å². The first-order chi connectivity index (χ1) is 15.6. The molecule has 14 nitrogen and oxygen atoms in total. The Balaban J connectivity index is 1.79. The van der Waals surface area contributed by atoms with Crippen molar-refractivity contribution in [3.63, 3.8) is 0 Å². The largest absolute Gasteiger partial charge is 0.284 e. The van der Waals surface area contributed by atoms with E-state index in [1.807, 2.05) is 0 Å². The van der Waals surface area contributed by atoms with Crippen LogP contribution in [0.5, 0.6) is 0 Å². The molecule has 1 aliphatic heterocycles. The number of hydrogen-bond acceptors (Lipinski definition) is 9. The van der Waals surface area contributed by atoms with E-state index in [1.54, 1.807) is 0 Å². The second kappa shape index (κ2) is 7.45. The number of amides is 3. The maximum Gasteiger partial charge on any atom is 0.284 e. The molecular formula is C19H9N5O9. The molecular weight excluding hydrogens is 442 g/mol. The van der Waals surface area contributed by atoms with Crippen LogP contribution in [0.15, 0.2) is 48.5 Å². The molecule has 164 valence electrons. The van der Waals surface area contributed by atoms with E-state index in [2.05, 4.69) is 5.43 Å². The molecule has 1 N–H and O–H groups in total. The van der Waals surface area contributed by atoms with Crippen LogP contribution in [-0.2, 0) is 0 Å². The number of nitro benzene ring substituents is 3. The summed E-state index contributed by atoms with van der Waals surface area (Å²) in [5.41, 5.74) is -0.124. The number of nitro groups is 3. The number of hydrogen-bond donors (Lipinski definition) is 1. The highest BCUT2D eigenvalue weighted by atomic mass is 16.6. The third-order valence-electron chi connectivity index (χ3n) is 4.93. The first-order valence-corrected chi connectivity index (χ1v) is 8.94. The van der Waals surface area contributed by atoms with Gasteiger partial charge in [0.2, 0.25) is 0 Å². The molecule has 3 aromatic rings. The van der Waals surface area contributed by atoms with Crippen molar-refractivity contribution in [1.29, 1.82) is 0 Å². The molecule has 0 fully saturated rings. The number of imide groups is 1. The second-order valence-electron chi connectivity index (χ2n) is 6.72. The predicted octanol–water partition coefficient (Wildman–Crippen LogP) is 2.51. The molecule has 33 heavy (non-hydrogen) atoms. The first-order valence-electron chi connectivity index (χ1n) is 8.94. The zero-order valence-corrected chi connectivity index (χ0v) is 16.1. The van der Waals surface area contributed by atoms with E-state index < -0.39 is 49.3 Å². The van der Waals surface area contributed by atoms with Gasteiger partial charge in [-0.15, -0.1) is 0 Å². The fraction of sp³-hybridized carbons (Fsp3) is 0. The SMILES string of the molecule is O=C(NN1C(=O)c2ccc([N+](=O)[O-])c3c([N+](=O)[O-])ccc(c23)C1=O)c1ccc([N+](=O)[O-])cc1. The molecule has 4 rings (SSSR count). The Labute approximate surface area is 181 Å². The second-order valence-corrected chi connectivity index (χ2v) is 6.72. The number of carbonyl (C=O) groups excluding carboxylic acids is 3. The molecule has 0 atom stereocenters. The number of rotatable bonds is 5. The van der Waals surface area contributed by atoms with Crippen molar-refractivity contribution in [3.8, 4) is 0 Å². The molecule has 3 aromatic carbocycles. The summed E-state index contributed by atoms with van der Waals surface area (Å²) in [5, 5.41) is 33.2. The summed E-state index contributed by atoms with van der Waals surface area (Å²) in [7, 11) is 0. The summed E-state index contributed by atoms with van der Waals surface area (Å²) in [6.07, 6.45) is 0. The summed E-state index contributed by atoms with van der Waals surface area (Å²) < 4.78 is 0. The molecule has 1 aliphatic rings. The van der Waals surface area contributed by atoms with Crippen molar-refractivity contribution >= 4 is 45.6 Å². The van der Waals surface area contributed by atoms with Crippen LogP contribution in [0.3, 0.4) is 0 Å². The number of carbonyl (C=O) groups is 3. The smallest absolute Gasteiger partial charge is 0.267 e. The molecule has 14 heteroatoms. The fourth-order valence-corrected chi connectivity index (χ4v) is 3.46. The molecule has 0 aromatic heterocycles. The van der Waals surface area contributed by atoms with E-state index in [4.69, 9.17) is 0 Å². The van der Waals surface area contributed by atoms with E-state index in [0.29, 0.717) is 5.01 Å². The Kier molecular flexibility index (Phi) is 4.74. The highest BCUT2D eigenvalue weighted by Crippen LogP contribution is 2.40. The number of nitrogens with zero attached hydrogens (tertiary/aromatic N) is 4. The van der Waals surface area contributed by atoms with Crippen molar-refractivity contribution in [2.24, 2.45) is 0 Å². The Morgan fingerprint density at radius 2 is 1.18 bits per heavy atom. The van der Waals surface area contributed by atoms with Crippen molar-refractivity contribution in [1.82, 2.24) is 10.4 Å². The van der Waals surface area contributed by atoms with Crippen molar-refractivity contribution < 1.29 is 29.2 Å². The number of nitrogens with one attached hydrogen (secondary N) is 1. The third-order valence-corrected chi connectivity index (χ3v) is 4.93. The number of hydrazine groups is 1. The molecule has 0 saturated carbocycles. The van der Waals surface area contributed by atoms with Crippen LogP contribution in [0.4, 0.5) is 17.1 Å².